The van der Waals surface area contributed by atoms with Gasteiger partial charge in [0.15, 0.2) is 5.82 Å². The number of H-pyrrole nitrogens is 1. The molecule has 0 unspecified atom stereocenters. The Hall–Kier alpha value is -3.24. The lowest BCUT2D eigenvalue weighted by atomic mass is 10.0. The SMILES string of the molecule is COc1ccc(S(=O)(=O)N[C@H](C(=O)Nc2cccc(-c3n[nH]c(C)n3)c2)C(C)C)cc1. The number of carbonyl (C=O) groups excluding carboxylic acids is 1. The van der Waals surface area contributed by atoms with Gasteiger partial charge in [-0.25, -0.2) is 13.4 Å². The van der Waals surface area contributed by atoms with Gasteiger partial charge in [0.05, 0.1) is 12.0 Å². The van der Waals surface area contributed by atoms with E-state index in [0.717, 1.165) is 5.56 Å². The van der Waals surface area contributed by atoms with Gasteiger partial charge in [-0.05, 0) is 49.2 Å². The van der Waals surface area contributed by atoms with E-state index in [-0.39, 0.29) is 10.8 Å². The molecule has 10 heteroatoms. The molecule has 0 fully saturated rings. The molecule has 1 amide bonds. The summed E-state index contributed by atoms with van der Waals surface area (Å²) in [5.41, 5.74) is 1.24. The van der Waals surface area contributed by atoms with Gasteiger partial charge in [0.25, 0.3) is 0 Å². The predicted molar refractivity (Wildman–Crippen MR) is 117 cm³/mol. The van der Waals surface area contributed by atoms with Gasteiger partial charge >= 0.3 is 0 Å². The number of methoxy groups -OCH3 is 1. The van der Waals surface area contributed by atoms with E-state index in [1.165, 1.54) is 19.2 Å². The number of rotatable bonds is 8. The van der Waals surface area contributed by atoms with E-state index in [2.05, 4.69) is 25.2 Å². The van der Waals surface area contributed by atoms with Crippen molar-refractivity contribution in [1.82, 2.24) is 19.9 Å². The molecule has 3 aromatic rings. The first kappa shape index (κ1) is 22.4. The average Bonchev–Trinajstić information content (AvgIpc) is 3.18. The molecule has 0 bridgehead atoms. The summed E-state index contributed by atoms with van der Waals surface area (Å²) in [4.78, 5) is 17.2. The van der Waals surface area contributed by atoms with E-state index in [4.69, 9.17) is 4.74 Å². The summed E-state index contributed by atoms with van der Waals surface area (Å²) in [6, 6.07) is 12.0. The van der Waals surface area contributed by atoms with Crippen molar-refractivity contribution in [2.45, 2.75) is 31.7 Å². The number of nitrogens with zero attached hydrogens (tertiary/aromatic N) is 2. The maximum Gasteiger partial charge on any atom is 0.242 e. The quantitative estimate of drug-likeness (QED) is 0.491. The zero-order chi connectivity index (χ0) is 22.6. The molecule has 2 aromatic carbocycles. The summed E-state index contributed by atoms with van der Waals surface area (Å²) in [5, 5.41) is 9.67. The lowest BCUT2D eigenvalue weighted by Crippen LogP contribution is -2.47. The van der Waals surface area contributed by atoms with Crippen LogP contribution in [-0.4, -0.2) is 42.7 Å². The Morgan fingerprint density at radius 3 is 2.42 bits per heavy atom. The summed E-state index contributed by atoms with van der Waals surface area (Å²) in [5.74, 6) is 0.979. The summed E-state index contributed by atoms with van der Waals surface area (Å²) in [7, 11) is -2.41. The molecule has 0 aliphatic heterocycles. The maximum atomic E-state index is 12.9. The van der Waals surface area contributed by atoms with Crippen LogP contribution in [0, 0.1) is 12.8 Å². The minimum absolute atomic E-state index is 0.0497. The van der Waals surface area contributed by atoms with E-state index in [1.807, 2.05) is 6.07 Å². The minimum Gasteiger partial charge on any atom is -0.497 e. The molecule has 0 spiro atoms. The molecular formula is C21H25N5O4S. The van der Waals surface area contributed by atoms with E-state index < -0.39 is 22.0 Å². The molecule has 0 aliphatic carbocycles. The number of aromatic nitrogens is 3. The van der Waals surface area contributed by atoms with Gasteiger partial charge in [-0.2, -0.15) is 9.82 Å². The molecule has 9 nitrogen and oxygen atoms in total. The predicted octanol–water partition coefficient (Wildman–Crippen LogP) is 2.73. The molecule has 1 atom stereocenters. The molecule has 0 radical (unpaired) electrons. The van der Waals surface area contributed by atoms with Crippen molar-refractivity contribution >= 4 is 21.6 Å². The number of anilines is 1. The number of aryl methyl sites for hydroxylation is 1. The third kappa shape index (κ3) is 5.47. The molecule has 31 heavy (non-hydrogen) atoms. The fraction of sp³-hybridized carbons (Fsp3) is 0.286. The van der Waals surface area contributed by atoms with Crippen LogP contribution in [0.15, 0.2) is 53.4 Å². The largest absolute Gasteiger partial charge is 0.497 e. The summed E-state index contributed by atoms with van der Waals surface area (Å²) in [6.45, 7) is 5.34. The second-order valence-electron chi connectivity index (χ2n) is 7.33. The summed E-state index contributed by atoms with van der Waals surface area (Å²) in [6.07, 6.45) is 0. The maximum absolute atomic E-state index is 12.9. The number of hydrogen-bond acceptors (Lipinski definition) is 6. The van der Waals surface area contributed by atoms with E-state index in [0.29, 0.717) is 23.1 Å². The molecule has 3 N–H and O–H groups in total. The van der Waals surface area contributed by atoms with Crippen molar-refractivity contribution < 1.29 is 17.9 Å². The molecule has 3 rings (SSSR count). The Labute approximate surface area is 181 Å². The van der Waals surface area contributed by atoms with Crippen molar-refractivity contribution in [3.8, 4) is 17.1 Å². The van der Waals surface area contributed by atoms with Gasteiger partial charge in [0.1, 0.15) is 17.6 Å². The van der Waals surface area contributed by atoms with Crippen molar-refractivity contribution in [2.24, 2.45) is 5.92 Å². The minimum atomic E-state index is -3.91. The van der Waals surface area contributed by atoms with Crippen LogP contribution in [0.4, 0.5) is 5.69 Å². The van der Waals surface area contributed by atoms with Crippen molar-refractivity contribution in [3.63, 3.8) is 0 Å². The van der Waals surface area contributed by atoms with E-state index in [9.17, 15) is 13.2 Å². The normalized spacial score (nSPS) is 12.5. The van der Waals surface area contributed by atoms with Gasteiger partial charge in [-0.15, -0.1) is 0 Å². The Bertz CT molecular complexity index is 1160. The number of aromatic amines is 1. The monoisotopic (exact) mass is 443 g/mol. The Morgan fingerprint density at radius 2 is 1.84 bits per heavy atom. The van der Waals surface area contributed by atoms with Gasteiger partial charge in [0.2, 0.25) is 15.9 Å². The van der Waals surface area contributed by atoms with Crippen LogP contribution >= 0.6 is 0 Å². The molecule has 0 aliphatic rings. The van der Waals surface area contributed by atoms with Crippen LogP contribution in [0.5, 0.6) is 5.75 Å². The molecular weight excluding hydrogens is 418 g/mol. The standard InChI is InChI=1S/C21H25N5O4S/c1-13(2)19(26-31(28,29)18-10-8-17(30-4)9-11-18)21(27)23-16-7-5-6-15(12-16)20-22-14(3)24-25-20/h5-13,19,26H,1-4H3,(H,23,27)(H,22,24,25)/t19-/m0/s1. The van der Waals surface area contributed by atoms with Crippen LogP contribution in [-0.2, 0) is 14.8 Å². The van der Waals surface area contributed by atoms with Crippen LogP contribution in [0.3, 0.4) is 0 Å². The Morgan fingerprint density at radius 1 is 1.13 bits per heavy atom. The lowest BCUT2D eigenvalue weighted by molar-refractivity contribution is -0.118. The Kier molecular flexibility index (Phi) is 6.71. The number of carbonyl (C=O) groups is 1. The molecule has 1 aromatic heterocycles. The van der Waals surface area contributed by atoms with Gasteiger partial charge in [-0.1, -0.05) is 26.0 Å². The molecule has 0 saturated heterocycles. The summed E-state index contributed by atoms with van der Waals surface area (Å²) >= 11 is 0. The zero-order valence-electron chi connectivity index (χ0n) is 17.7. The first-order valence-corrected chi connectivity index (χ1v) is 11.1. The topological polar surface area (TPSA) is 126 Å². The number of benzene rings is 2. The highest BCUT2D eigenvalue weighted by Gasteiger charge is 2.28. The third-order valence-corrected chi connectivity index (χ3v) is 6.04. The number of hydrogen-bond donors (Lipinski definition) is 3. The fourth-order valence-electron chi connectivity index (χ4n) is 2.91. The number of ether oxygens (including phenoxy) is 1. The van der Waals surface area contributed by atoms with Crippen molar-refractivity contribution in [3.05, 3.63) is 54.4 Å². The van der Waals surface area contributed by atoms with Gasteiger partial charge in [-0.3, -0.25) is 9.89 Å². The molecule has 0 saturated carbocycles. The molecule has 164 valence electrons. The van der Waals surface area contributed by atoms with Crippen LogP contribution in [0.25, 0.3) is 11.4 Å². The number of nitrogens with one attached hydrogen (secondary N) is 3. The van der Waals surface area contributed by atoms with Crippen LogP contribution in [0.2, 0.25) is 0 Å². The lowest BCUT2D eigenvalue weighted by Gasteiger charge is -2.22. The molecule has 1 heterocycles. The third-order valence-electron chi connectivity index (χ3n) is 4.59. The highest BCUT2D eigenvalue weighted by Crippen LogP contribution is 2.21. The smallest absolute Gasteiger partial charge is 0.242 e. The van der Waals surface area contributed by atoms with Gasteiger partial charge in [0, 0.05) is 11.3 Å². The zero-order valence-corrected chi connectivity index (χ0v) is 18.5. The second-order valence-corrected chi connectivity index (χ2v) is 9.05. The van der Waals surface area contributed by atoms with Crippen molar-refractivity contribution in [2.75, 3.05) is 12.4 Å². The first-order chi connectivity index (χ1) is 14.7. The number of amides is 1. The van der Waals surface area contributed by atoms with E-state index in [1.54, 1.807) is 51.1 Å². The highest BCUT2D eigenvalue weighted by atomic mass is 32.2. The number of sulfonamides is 1. The van der Waals surface area contributed by atoms with E-state index >= 15 is 0 Å². The fourth-order valence-corrected chi connectivity index (χ4v) is 4.25. The second kappa shape index (κ2) is 9.27. The van der Waals surface area contributed by atoms with Crippen LogP contribution in [0.1, 0.15) is 19.7 Å². The first-order valence-electron chi connectivity index (χ1n) is 9.66. The average molecular weight is 444 g/mol. The Balaban J connectivity index is 1.77. The summed E-state index contributed by atoms with van der Waals surface area (Å²) < 4.78 is 33.2. The highest BCUT2D eigenvalue weighted by molar-refractivity contribution is 7.89. The van der Waals surface area contributed by atoms with Gasteiger partial charge < -0.3 is 10.1 Å². The van der Waals surface area contributed by atoms with Crippen molar-refractivity contribution in [1.29, 1.82) is 0 Å². The van der Waals surface area contributed by atoms with Crippen LogP contribution < -0.4 is 14.8 Å².